The molecule has 1 aliphatic heterocycles. The maximum Gasteiger partial charge on any atom is 0.227 e. The second kappa shape index (κ2) is 9.33. The van der Waals surface area contributed by atoms with E-state index in [0.717, 1.165) is 42.8 Å². The third-order valence-electron chi connectivity index (χ3n) is 5.32. The number of rotatable bonds is 9. The lowest BCUT2D eigenvalue weighted by Crippen LogP contribution is -2.38. The molecule has 1 aliphatic rings. The number of sulfone groups is 1. The zero-order valence-corrected chi connectivity index (χ0v) is 18.3. The van der Waals surface area contributed by atoms with E-state index >= 15 is 0 Å². The van der Waals surface area contributed by atoms with Gasteiger partial charge in [-0.05, 0) is 37.3 Å². The molecule has 0 saturated carbocycles. The summed E-state index contributed by atoms with van der Waals surface area (Å²) in [7, 11) is -3.35. The molecule has 8 heteroatoms. The molecule has 2 aromatic heterocycles. The maximum absolute atomic E-state index is 12.7. The molecule has 3 heterocycles. The van der Waals surface area contributed by atoms with Crippen molar-refractivity contribution in [2.45, 2.75) is 57.8 Å². The molecule has 1 unspecified atom stereocenters. The summed E-state index contributed by atoms with van der Waals surface area (Å²) < 4.78 is 26.7. The second-order valence-electron chi connectivity index (χ2n) is 7.36. The molecule has 0 bridgehead atoms. The van der Waals surface area contributed by atoms with Crippen molar-refractivity contribution in [3.8, 4) is 0 Å². The van der Waals surface area contributed by atoms with Gasteiger partial charge in [-0.25, -0.2) is 13.4 Å². The predicted octanol–water partition coefficient (Wildman–Crippen LogP) is 3.63. The first-order valence-electron chi connectivity index (χ1n) is 10.0. The molecule has 0 N–H and O–H groups in total. The number of likely N-dealkylation sites (tertiary alicyclic amines) is 1. The monoisotopic (exact) mass is 423 g/mol. The number of carbonyl (C=O) groups is 1. The van der Waals surface area contributed by atoms with Crippen molar-refractivity contribution in [1.29, 1.82) is 0 Å². The lowest BCUT2D eigenvalue weighted by Gasteiger charge is -2.32. The van der Waals surface area contributed by atoms with Crippen molar-refractivity contribution < 1.29 is 13.2 Å². The number of ketones is 1. The molecule has 3 rings (SSSR count). The summed E-state index contributed by atoms with van der Waals surface area (Å²) in [5.74, 6) is 0.295. The van der Waals surface area contributed by atoms with E-state index in [1.165, 1.54) is 11.3 Å². The van der Waals surface area contributed by atoms with Gasteiger partial charge in [0.05, 0.1) is 22.5 Å². The van der Waals surface area contributed by atoms with E-state index in [9.17, 15) is 13.2 Å². The van der Waals surface area contributed by atoms with Crippen molar-refractivity contribution in [2.75, 3.05) is 18.8 Å². The van der Waals surface area contributed by atoms with Gasteiger partial charge in [-0.15, -0.1) is 11.3 Å². The van der Waals surface area contributed by atoms with Crippen LogP contribution in [-0.2, 0) is 22.9 Å². The Labute approximate surface area is 171 Å². The molecule has 2 aromatic rings. The van der Waals surface area contributed by atoms with Crippen LogP contribution in [0.1, 0.15) is 54.9 Å². The molecule has 0 aromatic carbocycles. The summed E-state index contributed by atoms with van der Waals surface area (Å²) in [6.45, 7) is 6.67. The lowest BCUT2D eigenvalue weighted by molar-refractivity contribution is 0.0812. The summed E-state index contributed by atoms with van der Waals surface area (Å²) in [6, 6.07) is 3.81. The minimum Gasteiger partial charge on any atom is -0.318 e. The average Bonchev–Trinajstić information content (AvgIpc) is 3.36. The molecule has 0 radical (unpaired) electrons. The molecule has 0 amide bonds. The molecular formula is C20H29N3O3S2. The smallest absolute Gasteiger partial charge is 0.227 e. The molecular weight excluding hydrogens is 394 g/mol. The number of thiophene rings is 1. The number of Topliss-reactive ketones (excluding diaryl/α,β-unsaturated/α-hetero) is 1. The second-order valence-corrected chi connectivity index (χ2v) is 10.5. The fourth-order valence-corrected chi connectivity index (χ4v) is 5.47. The first kappa shape index (κ1) is 21.2. The van der Waals surface area contributed by atoms with Crippen molar-refractivity contribution in [3.63, 3.8) is 0 Å². The minimum atomic E-state index is -3.35. The highest BCUT2D eigenvalue weighted by Crippen LogP contribution is 2.25. The number of unbranched alkanes of at least 4 members (excludes halogenated alkanes) is 1. The Morgan fingerprint density at radius 2 is 2.18 bits per heavy atom. The highest BCUT2D eigenvalue weighted by atomic mass is 32.2. The Bertz CT molecular complexity index is 888. The van der Waals surface area contributed by atoms with Crippen LogP contribution in [0.5, 0.6) is 0 Å². The maximum atomic E-state index is 12.7. The van der Waals surface area contributed by atoms with Crippen LogP contribution in [0.4, 0.5) is 0 Å². The number of nitrogens with zero attached hydrogens (tertiary/aromatic N) is 3. The van der Waals surface area contributed by atoms with Crippen LogP contribution in [-0.4, -0.2) is 47.5 Å². The number of carbonyl (C=O) groups excluding carboxylic acids is 1. The molecule has 154 valence electrons. The van der Waals surface area contributed by atoms with Crippen molar-refractivity contribution in [3.05, 3.63) is 34.3 Å². The Morgan fingerprint density at radius 3 is 2.86 bits per heavy atom. The third-order valence-corrected chi connectivity index (χ3v) is 7.85. The molecule has 0 spiro atoms. The number of hydrogen-bond donors (Lipinski definition) is 0. The van der Waals surface area contributed by atoms with E-state index < -0.39 is 9.84 Å². The van der Waals surface area contributed by atoms with E-state index in [0.29, 0.717) is 19.6 Å². The summed E-state index contributed by atoms with van der Waals surface area (Å²) in [5, 5.41) is 2.12. The highest BCUT2D eigenvalue weighted by Gasteiger charge is 2.28. The quantitative estimate of drug-likeness (QED) is 0.576. The molecule has 1 atom stereocenters. The van der Waals surface area contributed by atoms with Crippen LogP contribution < -0.4 is 0 Å². The zero-order valence-electron chi connectivity index (χ0n) is 16.6. The Morgan fingerprint density at radius 1 is 1.36 bits per heavy atom. The van der Waals surface area contributed by atoms with Gasteiger partial charge in [0.2, 0.25) is 15.0 Å². The minimum absolute atomic E-state index is 0.0123. The van der Waals surface area contributed by atoms with Gasteiger partial charge >= 0.3 is 0 Å². The number of imidazole rings is 1. The van der Waals surface area contributed by atoms with E-state index in [2.05, 4.69) is 16.8 Å². The standard InChI is InChI=1S/C20H29N3O3S2/c1-3-5-11-23-17(13-21-20(23)28(25,26)4-2)15-22-10-6-8-16(14-22)19(24)18-9-7-12-27-18/h7,9,12-13,16H,3-6,8,10-11,14-15H2,1-2H3. The Hall–Kier alpha value is -1.51. The summed E-state index contributed by atoms with van der Waals surface area (Å²) in [4.78, 5) is 20.1. The van der Waals surface area contributed by atoms with Gasteiger partial charge in [-0.2, -0.15) is 0 Å². The number of hydrogen-bond acceptors (Lipinski definition) is 6. The van der Waals surface area contributed by atoms with Crippen molar-refractivity contribution >= 4 is 27.0 Å². The SMILES string of the molecule is CCCCn1c(CN2CCCC(C(=O)c3cccs3)C2)cnc1S(=O)(=O)CC. The lowest BCUT2D eigenvalue weighted by atomic mass is 9.93. The molecule has 0 aliphatic carbocycles. The summed E-state index contributed by atoms with van der Waals surface area (Å²) >= 11 is 1.50. The number of aromatic nitrogens is 2. The van der Waals surface area contributed by atoms with Gasteiger partial charge in [0.15, 0.2) is 5.78 Å². The molecule has 1 saturated heterocycles. The third kappa shape index (κ3) is 4.72. The van der Waals surface area contributed by atoms with E-state index in [4.69, 9.17) is 0 Å². The topological polar surface area (TPSA) is 72.3 Å². The van der Waals surface area contributed by atoms with Crippen LogP contribution in [0.3, 0.4) is 0 Å². The van der Waals surface area contributed by atoms with Crippen LogP contribution >= 0.6 is 11.3 Å². The zero-order chi connectivity index (χ0) is 20.1. The van der Waals surface area contributed by atoms with Crippen LogP contribution in [0.2, 0.25) is 0 Å². The Balaban J connectivity index is 1.76. The van der Waals surface area contributed by atoms with E-state index in [1.807, 2.05) is 22.1 Å². The molecule has 6 nitrogen and oxygen atoms in total. The first-order chi connectivity index (χ1) is 13.5. The average molecular weight is 424 g/mol. The fourth-order valence-electron chi connectivity index (χ4n) is 3.71. The predicted molar refractivity (Wildman–Crippen MR) is 112 cm³/mol. The molecule has 28 heavy (non-hydrogen) atoms. The van der Waals surface area contributed by atoms with Crippen molar-refractivity contribution in [1.82, 2.24) is 14.5 Å². The van der Waals surface area contributed by atoms with Crippen molar-refractivity contribution in [2.24, 2.45) is 5.92 Å². The van der Waals surface area contributed by atoms with Crippen LogP contribution in [0.15, 0.2) is 28.9 Å². The van der Waals surface area contributed by atoms with Gasteiger partial charge in [-0.3, -0.25) is 9.69 Å². The highest BCUT2D eigenvalue weighted by molar-refractivity contribution is 7.91. The fraction of sp³-hybridized carbons (Fsp3) is 0.600. The summed E-state index contributed by atoms with van der Waals surface area (Å²) in [6.07, 6.45) is 5.49. The normalized spacial score (nSPS) is 18.4. The first-order valence-corrected chi connectivity index (χ1v) is 12.6. The van der Waals surface area contributed by atoms with Gasteiger partial charge < -0.3 is 4.57 Å². The molecule has 1 fully saturated rings. The van der Waals surface area contributed by atoms with Gasteiger partial charge in [0, 0.05) is 25.6 Å². The van der Waals surface area contributed by atoms with Gasteiger partial charge in [0.25, 0.3) is 0 Å². The van der Waals surface area contributed by atoms with Gasteiger partial charge in [-0.1, -0.05) is 26.3 Å². The van der Waals surface area contributed by atoms with E-state index in [1.54, 1.807) is 13.1 Å². The summed E-state index contributed by atoms with van der Waals surface area (Å²) in [5.41, 5.74) is 0.921. The number of piperidine rings is 1. The van der Waals surface area contributed by atoms with Gasteiger partial charge in [0.1, 0.15) is 0 Å². The van der Waals surface area contributed by atoms with Crippen LogP contribution in [0, 0.1) is 5.92 Å². The Kier molecular flexibility index (Phi) is 7.06. The largest absolute Gasteiger partial charge is 0.318 e. The van der Waals surface area contributed by atoms with E-state index in [-0.39, 0.29) is 22.6 Å². The van der Waals surface area contributed by atoms with Crippen LogP contribution in [0.25, 0.3) is 0 Å².